The van der Waals surface area contributed by atoms with Gasteiger partial charge < -0.3 is 9.47 Å². The van der Waals surface area contributed by atoms with Gasteiger partial charge in [-0.15, -0.1) is 0 Å². The summed E-state index contributed by atoms with van der Waals surface area (Å²) < 4.78 is 10.7. The van der Waals surface area contributed by atoms with Crippen LogP contribution in [0.3, 0.4) is 0 Å². The Labute approximate surface area is 129 Å². The molecule has 0 heterocycles. The largest absolute Gasteiger partial charge is 0.496 e. The lowest BCUT2D eigenvalue weighted by Crippen LogP contribution is -2.29. The molecule has 0 aliphatic rings. The van der Waals surface area contributed by atoms with Crippen molar-refractivity contribution in [2.45, 2.75) is 13.0 Å². The van der Waals surface area contributed by atoms with Crippen LogP contribution in [0.2, 0.25) is 5.02 Å². The van der Waals surface area contributed by atoms with E-state index in [1.54, 1.807) is 20.3 Å². The van der Waals surface area contributed by atoms with Crippen molar-refractivity contribution >= 4 is 11.6 Å². The maximum absolute atomic E-state index is 6.10. The molecule has 112 valence electrons. The van der Waals surface area contributed by atoms with E-state index in [4.69, 9.17) is 26.9 Å². The molecule has 0 saturated carbocycles. The number of rotatable bonds is 5. The first kappa shape index (κ1) is 15.6. The Morgan fingerprint density at radius 1 is 1.05 bits per heavy atom. The SMILES string of the molecule is COc1ccc(C(NN)c2cc(Cl)ccc2OC)cc1C. The average Bonchev–Trinajstić information content (AvgIpc) is 2.48. The van der Waals surface area contributed by atoms with E-state index in [9.17, 15) is 0 Å². The van der Waals surface area contributed by atoms with E-state index in [-0.39, 0.29) is 6.04 Å². The van der Waals surface area contributed by atoms with Crippen LogP contribution in [0, 0.1) is 6.92 Å². The number of halogens is 1. The number of benzene rings is 2. The van der Waals surface area contributed by atoms with E-state index in [2.05, 4.69) is 5.43 Å². The molecular weight excluding hydrogens is 288 g/mol. The molecule has 3 N–H and O–H groups in total. The van der Waals surface area contributed by atoms with Crippen molar-refractivity contribution in [3.63, 3.8) is 0 Å². The number of hydrazine groups is 1. The van der Waals surface area contributed by atoms with Gasteiger partial charge in [0.25, 0.3) is 0 Å². The van der Waals surface area contributed by atoms with Gasteiger partial charge in [0, 0.05) is 10.6 Å². The summed E-state index contributed by atoms with van der Waals surface area (Å²) in [5.41, 5.74) is 5.76. The number of ether oxygens (including phenoxy) is 2. The molecule has 0 aromatic heterocycles. The van der Waals surface area contributed by atoms with E-state index < -0.39 is 0 Å². The Kier molecular flexibility index (Phi) is 5.07. The molecule has 4 nitrogen and oxygen atoms in total. The van der Waals surface area contributed by atoms with Gasteiger partial charge in [0.05, 0.1) is 20.3 Å². The molecule has 5 heteroatoms. The van der Waals surface area contributed by atoms with Crippen LogP contribution in [-0.4, -0.2) is 14.2 Å². The van der Waals surface area contributed by atoms with Gasteiger partial charge in [-0.25, -0.2) is 5.43 Å². The fraction of sp³-hybridized carbons (Fsp3) is 0.250. The fourth-order valence-corrected chi connectivity index (χ4v) is 2.56. The van der Waals surface area contributed by atoms with Crippen LogP contribution in [0.25, 0.3) is 0 Å². The summed E-state index contributed by atoms with van der Waals surface area (Å²) in [5, 5.41) is 0.635. The van der Waals surface area contributed by atoms with Crippen molar-refractivity contribution in [2.75, 3.05) is 14.2 Å². The molecule has 21 heavy (non-hydrogen) atoms. The number of methoxy groups -OCH3 is 2. The topological polar surface area (TPSA) is 56.5 Å². The van der Waals surface area contributed by atoms with Crippen LogP contribution in [-0.2, 0) is 0 Å². The summed E-state index contributed by atoms with van der Waals surface area (Å²) in [6.45, 7) is 1.99. The zero-order valence-electron chi connectivity index (χ0n) is 12.3. The Balaban J connectivity index is 2.49. The zero-order valence-corrected chi connectivity index (χ0v) is 13.1. The molecule has 2 aromatic rings. The van der Waals surface area contributed by atoms with E-state index in [1.165, 1.54) is 0 Å². The number of nitrogens with one attached hydrogen (secondary N) is 1. The summed E-state index contributed by atoms with van der Waals surface area (Å²) in [6, 6.07) is 11.2. The average molecular weight is 307 g/mol. The highest BCUT2D eigenvalue weighted by Crippen LogP contribution is 2.33. The summed E-state index contributed by atoms with van der Waals surface area (Å²) >= 11 is 6.10. The molecule has 0 amide bonds. The first-order chi connectivity index (χ1) is 10.1. The van der Waals surface area contributed by atoms with Crippen molar-refractivity contribution in [1.29, 1.82) is 0 Å². The lowest BCUT2D eigenvalue weighted by molar-refractivity contribution is 0.403. The van der Waals surface area contributed by atoms with E-state index in [1.807, 2.05) is 37.3 Å². The third-order valence-electron chi connectivity index (χ3n) is 3.42. The van der Waals surface area contributed by atoms with Crippen molar-refractivity contribution in [3.8, 4) is 11.5 Å². The van der Waals surface area contributed by atoms with Crippen molar-refractivity contribution in [2.24, 2.45) is 5.84 Å². The van der Waals surface area contributed by atoms with Gasteiger partial charge in [-0.2, -0.15) is 0 Å². The highest BCUT2D eigenvalue weighted by atomic mass is 35.5. The predicted molar refractivity (Wildman–Crippen MR) is 84.9 cm³/mol. The molecule has 0 aliphatic carbocycles. The smallest absolute Gasteiger partial charge is 0.124 e. The normalized spacial score (nSPS) is 12.0. The van der Waals surface area contributed by atoms with Gasteiger partial charge in [-0.3, -0.25) is 5.84 Å². The summed E-state index contributed by atoms with van der Waals surface area (Å²) in [7, 11) is 3.28. The summed E-state index contributed by atoms with van der Waals surface area (Å²) in [4.78, 5) is 0. The zero-order chi connectivity index (χ0) is 15.4. The number of aryl methyl sites for hydroxylation is 1. The monoisotopic (exact) mass is 306 g/mol. The second-order valence-electron chi connectivity index (χ2n) is 4.72. The van der Waals surface area contributed by atoms with Crippen LogP contribution in [0.15, 0.2) is 36.4 Å². The van der Waals surface area contributed by atoms with Gasteiger partial charge >= 0.3 is 0 Å². The van der Waals surface area contributed by atoms with Gasteiger partial charge in [0.2, 0.25) is 0 Å². The number of hydrogen-bond donors (Lipinski definition) is 2. The van der Waals surface area contributed by atoms with Gasteiger partial charge in [-0.05, 0) is 42.3 Å². The second kappa shape index (κ2) is 6.80. The van der Waals surface area contributed by atoms with Crippen LogP contribution in [0.1, 0.15) is 22.7 Å². The van der Waals surface area contributed by atoms with E-state index in [0.29, 0.717) is 5.02 Å². The summed E-state index contributed by atoms with van der Waals surface area (Å²) in [6.07, 6.45) is 0. The molecule has 2 rings (SSSR count). The Morgan fingerprint density at radius 3 is 2.29 bits per heavy atom. The standard InChI is InChI=1S/C16H19ClN2O2/c1-10-8-11(4-6-14(10)20-2)16(19-18)13-9-12(17)5-7-15(13)21-3/h4-9,16,19H,18H2,1-3H3. The second-order valence-corrected chi connectivity index (χ2v) is 5.15. The van der Waals surface area contributed by atoms with Crippen LogP contribution in [0.4, 0.5) is 0 Å². The molecule has 0 bridgehead atoms. The van der Waals surface area contributed by atoms with Gasteiger partial charge in [0.15, 0.2) is 0 Å². The third-order valence-corrected chi connectivity index (χ3v) is 3.66. The maximum Gasteiger partial charge on any atom is 0.124 e. The first-order valence-corrected chi connectivity index (χ1v) is 6.92. The van der Waals surface area contributed by atoms with Crippen LogP contribution < -0.4 is 20.7 Å². The number of nitrogens with two attached hydrogens (primary N) is 1. The third kappa shape index (κ3) is 3.29. The summed E-state index contributed by atoms with van der Waals surface area (Å²) in [5.74, 6) is 7.32. The van der Waals surface area contributed by atoms with Gasteiger partial charge in [-0.1, -0.05) is 23.7 Å². The molecule has 0 fully saturated rings. The molecule has 1 atom stereocenters. The van der Waals surface area contributed by atoms with Crippen molar-refractivity contribution in [1.82, 2.24) is 5.43 Å². The maximum atomic E-state index is 6.10. The van der Waals surface area contributed by atoms with Crippen molar-refractivity contribution < 1.29 is 9.47 Å². The van der Waals surface area contributed by atoms with Gasteiger partial charge in [0.1, 0.15) is 11.5 Å². The number of hydrogen-bond acceptors (Lipinski definition) is 4. The lowest BCUT2D eigenvalue weighted by atomic mass is 9.96. The highest BCUT2D eigenvalue weighted by molar-refractivity contribution is 6.30. The van der Waals surface area contributed by atoms with Crippen molar-refractivity contribution in [3.05, 3.63) is 58.1 Å². The minimum Gasteiger partial charge on any atom is -0.496 e. The fourth-order valence-electron chi connectivity index (χ4n) is 2.38. The Bertz CT molecular complexity index is 632. The minimum absolute atomic E-state index is 0.219. The minimum atomic E-state index is -0.219. The van der Waals surface area contributed by atoms with Crippen LogP contribution in [0.5, 0.6) is 11.5 Å². The Morgan fingerprint density at radius 2 is 1.71 bits per heavy atom. The lowest BCUT2D eigenvalue weighted by Gasteiger charge is -2.21. The molecular formula is C16H19ClN2O2. The highest BCUT2D eigenvalue weighted by Gasteiger charge is 2.18. The van der Waals surface area contributed by atoms with Crippen LogP contribution >= 0.6 is 11.6 Å². The molecule has 0 radical (unpaired) electrons. The Hall–Kier alpha value is -1.75. The first-order valence-electron chi connectivity index (χ1n) is 6.54. The predicted octanol–water partition coefficient (Wildman–Crippen LogP) is 3.22. The molecule has 2 aromatic carbocycles. The van der Waals surface area contributed by atoms with E-state index >= 15 is 0 Å². The molecule has 0 spiro atoms. The quantitative estimate of drug-likeness (QED) is 0.658. The molecule has 0 aliphatic heterocycles. The molecule has 1 unspecified atom stereocenters. The van der Waals surface area contributed by atoms with E-state index in [0.717, 1.165) is 28.2 Å². The molecule has 0 saturated heterocycles.